The molecule has 2 N–H and O–H groups in total. The monoisotopic (exact) mass is 405 g/mol. The first-order valence-corrected chi connectivity index (χ1v) is 8.76. The number of aromatic nitrogens is 2. The molecule has 9 heteroatoms. The molecule has 0 aliphatic carbocycles. The molecule has 3 rings (SSSR count). The van der Waals surface area contributed by atoms with Crippen LogP contribution in [0.1, 0.15) is 25.7 Å². The quantitative estimate of drug-likeness (QED) is 0.770. The molecular weight excluding hydrogens is 377 g/mol. The fourth-order valence-corrected chi connectivity index (χ4v) is 3.69. The largest absolute Gasteiger partial charge is 0.384 e. The smallest absolute Gasteiger partial charge is 0.228 e. The van der Waals surface area contributed by atoms with Crippen molar-refractivity contribution in [2.24, 2.45) is 5.41 Å². The van der Waals surface area contributed by atoms with Gasteiger partial charge >= 0.3 is 0 Å². The molecule has 0 bridgehead atoms. The molecule has 1 aromatic rings. The Morgan fingerprint density at radius 2 is 2.04 bits per heavy atom. The van der Waals surface area contributed by atoms with E-state index >= 15 is 0 Å². The van der Waals surface area contributed by atoms with E-state index in [1.807, 2.05) is 6.07 Å². The Labute approximate surface area is 167 Å². The molecule has 0 aromatic carbocycles. The maximum absolute atomic E-state index is 13.0. The molecule has 1 aromatic heterocycles. The topological polar surface area (TPSA) is 79.4 Å². The van der Waals surface area contributed by atoms with Gasteiger partial charge in [0.05, 0.1) is 12.0 Å². The Morgan fingerprint density at radius 1 is 1.35 bits per heavy atom. The number of carbonyl (C=O) groups is 1. The number of rotatable bonds is 5. The van der Waals surface area contributed by atoms with Gasteiger partial charge in [0.1, 0.15) is 0 Å². The molecule has 1 unspecified atom stereocenters. The van der Waals surface area contributed by atoms with Crippen LogP contribution in [0.25, 0.3) is 0 Å². The first-order valence-electron chi connectivity index (χ1n) is 8.76. The minimum atomic E-state index is -0.397. The van der Waals surface area contributed by atoms with E-state index in [4.69, 9.17) is 4.74 Å². The van der Waals surface area contributed by atoms with Crippen molar-refractivity contribution in [1.82, 2.24) is 20.6 Å². The summed E-state index contributed by atoms with van der Waals surface area (Å²) >= 11 is 0. The molecule has 26 heavy (non-hydrogen) atoms. The number of halogens is 2. The maximum atomic E-state index is 13.0. The minimum absolute atomic E-state index is 0. The van der Waals surface area contributed by atoms with E-state index < -0.39 is 5.41 Å². The number of amides is 1. The van der Waals surface area contributed by atoms with Crippen LogP contribution in [0.3, 0.4) is 0 Å². The van der Waals surface area contributed by atoms with Crippen LogP contribution >= 0.6 is 24.8 Å². The van der Waals surface area contributed by atoms with Crippen LogP contribution in [0.2, 0.25) is 0 Å². The molecular formula is C17H29Cl2N5O2. The highest BCUT2D eigenvalue weighted by molar-refractivity contribution is 5.85. The number of methoxy groups -OCH3 is 1. The summed E-state index contributed by atoms with van der Waals surface area (Å²) in [6.45, 7) is 3.91. The average molecular weight is 406 g/mol. The van der Waals surface area contributed by atoms with Gasteiger partial charge in [-0.25, -0.2) is 9.97 Å². The zero-order chi connectivity index (χ0) is 16.8. The molecule has 2 aliphatic rings. The van der Waals surface area contributed by atoms with Gasteiger partial charge < -0.3 is 20.3 Å². The standard InChI is InChI=1S/C17H27N5O2.2ClH/c1-24-13-17(5-9-18-10-6-17)15(23)21-14-4-2-11-22(12-14)16-19-7-3-8-20-16;;/h3,7-8,14,18H,2,4-6,9-13H2,1H3,(H,21,23);2*1H. The highest BCUT2D eigenvalue weighted by Gasteiger charge is 2.40. The van der Waals surface area contributed by atoms with Gasteiger partial charge in [0.15, 0.2) is 0 Å². The Morgan fingerprint density at radius 3 is 2.69 bits per heavy atom. The predicted octanol–water partition coefficient (Wildman–Crippen LogP) is 1.42. The zero-order valence-electron chi connectivity index (χ0n) is 15.1. The lowest BCUT2D eigenvalue weighted by Gasteiger charge is -2.39. The summed E-state index contributed by atoms with van der Waals surface area (Å²) in [6.07, 6.45) is 7.19. The van der Waals surface area contributed by atoms with Crippen LogP contribution in [0.15, 0.2) is 18.5 Å². The molecule has 2 aliphatic heterocycles. The van der Waals surface area contributed by atoms with Gasteiger partial charge in [0.2, 0.25) is 11.9 Å². The Kier molecular flexibility index (Phi) is 9.57. The van der Waals surface area contributed by atoms with Crippen molar-refractivity contribution < 1.29 is 9.53 Å². The third-order valence-corrected chi connectivity index (χ3v) is 5.05. The van der Waals surface area contributed by atoms with Crippen molar-refractivity contribution in [1.29, 1.82) is 0 Å². The number of piperidine rings is 2. The molecule has 0 spiro atoms. The molecule has 3 heterocycles. The average Bonchev–Trinajstić information content (AvgIpc) is 2.64. The van der Waals surface area contributed by atoms with Crippen LogP contribution in [0, 0.1) is 5.41 Å². The molecule has 2 fully saturated rings. The number of ether oxygens (including phenoxy) is 1. The second-order valence-electron chi connectivity index (χ2n) is 6.77. The summed E-state index contributed by atoms with van der Waals surface area (Å²) in [4.78, 5) is 23.8. The summed E-state index contributed by atoms with van der Waals surface area (Å²) in [6, 6.07) is 1.96. The van der Waals surface area contributed by atoms with Crippen molar-refractivity contribution in [3.05, 3.63) is 18.5 Å². The Hall–Kier alpha value is -1.15. The molecule has 0 radical (unpaired) electrons. The highest BCUT2D eigenvalue weighted by Crippen LogP contribution is 2.30. The van der Waals surface area contributed by atoms with E-state index in [2.05, 4.69) is 25.5 Å². The van der Waals surface area contributed by atoms with E-state index in [0.29, 0.717) is 6.61 Å². The second-order valence-corrected chi connectivity index (χ2v) is 6.77. The number of nitrogens with zero attached hydrogens (tertiary/aromatic N) is 3. The number of nitrogens with one attached hydrogen (secondary N) is 2. The lowest BCUT2D eigenvalue weighted by atomic mass is 9.78. The first kappa shape index (κ1) is 22.9. The summed E-state index contributed by atoms with van der Waals surface area (Å²) in [5, 5.41) is 6.59. The number of hydrogen-bond acceptors (Lipinski definition) is 6. The molecule has 148 valence electrons. The van der Waals surface area contributed by atoms with E-state index in [9.17, 15) is 4.79 Å². The van der Waals surface area contributed by atoms with Gasteiger partial charge in [0.25, 0.3) is 0 Å². The van der Waals surface area contributed by atoms with Gasteiger partial charge in [-0.2, -0.15) is 0 Å². The first-order chi connectivity index (χ1) is 11.7. The SMILES string of the molecule is COCC1(C(=O)NC2CCCN(c3ncccn3)C2)CCNCC1.Cl.Cl. The summed E-state index contributed by atoms with van der Waals surface area (Å²) in [5.41, 5.74) is -0.397. The van der Waals surface area contributed by atoms with Crippen molar-refractivity contribution in [2.75, 3.05) is 44.8 Å². The van der Waals surface area contributed by atoms with Crippen molar-refractivity contribution in [3.8, 4) is 0 Å². The normalized spacial score (nSPS) is 21.9. The van der Waals surface area contributed by atoms with Crippen LogP contribution in [0.5, 0.6) is 0 Å². The minimum Gasteiger partial charge on any atom is -0.384 e. The number of hydrogen-bond donors (Lipinski definition) is 2. The van der Waals surface area contributed by atoms with Crippen LogP contribution < -0.4 is 15.5 Å². The Bertz CT molecular complexity index is 538. The zero-order valence-corrected chi connectivity index (χ0v) is 16.8. The number of anilines is 1. The highest BCUT2D eigenvalue weighted by atomic mass is 35.5. The third-order valence-electron chi connectivity index (χ3n) is 5.05. The van der Waals surface area contributed by atoms with Gasteiger partial charge in [-0.15, -0.1) is 24.8 Å². The van der Waals surface area contributed by atoms with Gasteiger partial charge in [-0.1, -0.05) is 0 Å². The lowest BCUT2D eigenvalue weighted by molar-refractivity contribution is -0.137. The fourth-order valence-electron chi connectivity index (χ4n) is 3.69. The Balaban J connectivity index is 0.00000169. The van der Waals surface area contributed by atoms with Gasteiger partial charge in [-0.05, 0) is 44.8 Å². The summed E-state index contributed by atoms with van der Waals surface area (Å²) in [5.74, 6) is 0.872. The van der Waals surface area contributed by atoms with E-state index in [-0.39, 0.29) is 36.8 Å². The van der Waals surface area contributed by atoms with E-state index in [1.165, 1.54) is 0 Å². The van der Waals surface area contributed by atoms with Crippen molar-refractivity contribution in [2.45, 2.75) is 31.7 Å². The predicted molar refractivity (Wildman–Crippen MR) is 106 cm³/mol. The van der Waals surface area contributed by atoms with Crippen LogP contribution in [0.4, 0.5) is 5.95 Å². The molecule has 1 atom stereocenters. The summed E-state index contributed by atoms with van der Waals surface area (Å²) in [7, 11) is 1.67. The number of carbonyl (C=O) groups excluding carboxylic acids is 1. The van der Waals surface area contributed by atoms with Crippen LogP contribution in [-0.2, 0) is 9.53 Å². The molecule has 7 nitrogen and oxygen atoms in total. The van der Waals surface area contributed by atoms with Crippen molar-refractivity contribution in [3.63, 3.8) is 0 Å². The molecule has 2 saturated heterocycles. The van der Waals surface area contributed by atoms with E-state index in [1.54, 1.807) is 19.5 Å². The van der Waals surface area contributed by atoms with Gasteiger partial charge in [0, 0.05) is 38.6 Å². The third kappa shape index (κ3) is 5.42. The second kappa shape index (κ2) is 10.9. The molecule has 1 amide bonds. The lowest BCUT2D eigenvalue weighted by Crippen LogP contribution is -2.55. The maximum Gasteiger partial charge on any atom is 0.228 e. The van der Waals surface area contributed by atoms with Crippen molar-refractivity contribution >= 4 is 36.7 Å². The van der Waals surface area contributed by atoms with Gasteiger partial charge in [-0.3, -0.25) is 4.79 Å². The van der Waals surface area contributed by atoms with Crippen LogP contribution in [-0.4, -0.2) is 61.8 Å². The molecule has 0 saturated carbocycles. The summed E-state index contributed by atoms with van der Waals surface area (Å²) < 4.78 is 5.37. The fraction of sp³-hybridized carbons (Fsp3) is 0.706. The van der Waals surface area contributed by atoms with E-state index in [0.717, 1.165) is 57.8 Å².